The topological polar surface area (TPSA) is 76.1 Å². The molecule has 0 aliphatic rings. The Morgan fingerprint density at radius 3 is 2.76 bits per heavy atom. The van der Waals surface area contributed by atoms with Crippen LogP contribution >= 0.6 is 0 Å². The van der Waals surface area contributed by atoms with Crippen LogP contribution in [-0.2, 0) is 22.5 Å². The lowest BCUT2D eigenvalue weighted by Gasteiger charge is -2.11. The maximum Gasteiger partial charge on any atom is 0.310 e. The van der Waals surface area contributed by atoms with Crippen LogP contribution in [-0.4, -0.2) is 12.6 Å². The number of esters is 1. The van der Waals surface area contributed by atoms with E-state index in [1.54, 1.807) is 6.92 Å². The number of hydrogen-bond donors (Lipinski definition) is 1. The van der Waals surface area contributed by atoms with E-state index in [0.29, 0.717) is 12.2 Å². The molecule has 2 N–H and O–H groups in total. The van der Waals surface area contributed by atoms with Gasteiger partial charge in [-0.1, -0.05) is 12.1 Å². The highest BCUT2D eigenvalue weighted by molar-refractivity contribution is 5.73. The molecule has 4 nitrogen and oxygen atoms in total. The third-order valence-corrected chi connectivity index (χ3v) is 2.57. The van der Waals surface area contributed by atoms with E-state index in [4.69, 9.17) is 15.7 Å². The van der Waals surface area contributed by atoms with Gasteiger partial charge in [0, 0.05) is 6.54 Å². The van der Waals surface area contributed by atoms with Crippen LogP contribution in [0.2, 0.25) is 0 Å². The highest BCUT2D eigenvalue weighted by Crippen LogP contribution is 2.18. The lowest BCUT2D eigenvalue weighted by molar-refractivity contribution is -0.142. The molecule has 17 heavy (non-hydrogen) atoms. The summed E-state index contributed by atoms with van der Waals surface area (Å²) >= 11 is 0. The highest BCUT2D eigenvalue weighted by Gasteiger charge is 2.13. The van der Waals surface area contributed by atoms with Gasteiger partial charge in [-0.2, -0.15) is 5.26 Å². The minimum Gasteiger partial charge on any atom is -0.466 e. The molecule has 0 spiro atoms. The maximum absolute atomic E-state index is 11.4. The molecule has 90 valence electrons. The van der Waals surface area contributed by atoms with Crippen LogP contribution in [0.1, 0.15) is 29.2 Å². The van der Waals surface area contributed by atoms with Crippen molar-refractivity contribution >= 4 is 5.97 Å². The summed E-state index contributed by atoms with van der Waals surface area (Å²) in [5.74, 6) is -0.296. The highest BCUT2D eigenvalue weighted by atomic mass is 16.5. The Labute approximate surface area is 101 Å². The summed E-state index contributed by atoms with van der Waals surface area (Å²) in [7, 11) is 0. The summed E-state index contributed by atoms with van der Waals surface area (Å²) in [6, 6.07) is 5.78. The van der Waals surface area contributed by atoms with Gasteiger partial charge in [0.15, 0.2) is 0 Å². The lowest BCUT2D eigenvalue weighted by atomic mass is 9.95. The Morgan fingerprint density at radius 2 is 2.24 bits per heavy atom. The molecule has 1 rings (SSSR count). The van der Waals surface area contributed by atoms with Crippen molar-refractivity contribution in [2.45, 2.75) is 26.8 Å². The number of ether oxygens (including phenoxy) is 1. The molecule has 0 unspecified atom stereocenters. The first kappa shape index (κ1) is 13.2. The zero-order chi connectivity index (χ0) is 12.8. The lowest BCUT2D eigenvalue weighted by Crippen LogP contribution is -2.12. The van der Waals surface area contributed by atoms with Gasteiger partial charge in [0.05, 0.1) is 24.7 Å². The van der Waals surface area contributed by atoms with Crippen molar-refractivity contribution in [1.82, 2.24) is 0 Å². The van der Waals surface area contributed by atoms with Gasteiger partial charge in [0.1, 0.15) is 0 Å². The Hall–Kier alpha value is -1.86. The van der Waals surface area contributed by atoms with Crippen molar-refractivity contribution < 1.29 is 9.53 Å². The Kier molecular flexibility index (Phi) is 4.68. The van der Waals surface area contributed by atoms with Crippen molar-refractivity contribution in [3.8, 4) is 6.07 Å². The minimum absolute atomic E-state index is 0.162. The van der Waals surface area contributed by atoms with Gasteiger partial charge < -0.3 is 10.5 Å². The van der Waals surface area contributed by atoms with Crippen LogP contribution in [0, 0.1) is 18.3 Å². The largest absolute Gasteiger partial charge is 0.466 e. The first-order valence-electron chi connectivity index (χ1n) is 5.51. The Balaban J connectivity index is 3.09. The fraction of sp³-hybridized carbons (Fsp3) is 0.385. The molecular formula is C13H16N2O2. The number of hydrogen-bond acceptors (Lipinski definition) is 4. The molecule has 1 aromatic carbocycles. The monoisotopic (exact) mass is 232 g/mol. The molecular weight excluding hydrogens is 216 g/mol. The summed E-state index contributed by atoms with van der Waals surface area (Å²) in [5, 5.41) is 9.07. The molecule has 1 aromatic rings. The van der Waals surface area contributed by atoms with Gasteiger partial charge in [-0.05, 0) is 30.5 Å². The number of nitrogens with two attached hydrogens (primary N) is 1. The normalized spacial score (nSPS) is 9.76. The summed E-state index contributed by atoms with van der Waals surface area (Å²) in [6.07, 6.45) is 0.162. The number of nitrogens with zero attached hydrogens (tertiary/aromatic N) is 1. The first-order chi connectivity index (χ1) is 8.13. The van der Waals surface area contributed by atoms with Gasteiger partial charge in [-0.15, -0.1) is 0 Å². The van der Waals surface area contributed by atoms with Crippen LogP contribution in [0.4, 0.5) is 0 Å². The van der Waals surface area contributed by atoms with E-state index in [9.17, 15) is 4.79 Å². The van der Waals surface area contributed by atoms with Gasteiger partial charge in [-0.25, -0.2) is 0 Å². The van der Waals surface area contributed by atoms with E-state index in [2.05, 4.69) is 6.07 Å². The smallest absolute Gasteiger partial charge is 0.310 e. The molecule has 0 heterocycles. The number of rotatable bonds is 4. The van der Waals surface area contributed by atoms with Crippen LogP contribution in [0.25, 0.3) is 0 Å². The molecule has 4 heteroatoms. The van der Waals surface area contributed by atoms with Gasteiger partial charge in [0.25, 0.3) is 0 Å². The molecule has 0 aromatic heterocycles. The van der Waals surface area contributed by atoms with Crippen LogP contribution in [0.15, 0.2) is 12.1 Å². The second kappa shape index (κ2) is 6.02. The fourth-order valence-corrected chi connectivity index (χ4v) is 1.73. The van der Waals surface area contributed by atoms with Gasteiger partial charge in [0.2, 0.25) is 0 Å². The number of aryl methyl sites for hydroxylation is 1. The molecule has 0 amide bonds. The molecule has 0 radical (unpaired) electrons. The second-order valence-electron chi connectivity index (χ2n) is 3.69. The summed E-state index contributed by atoms with van der Waals surface area (Å²) < 4.78 is 4.89. The number of nitriles is 1. The van der Waals surface area contributed by atoms with E-state index >= 15 is 0 Å². The standard InChI is InChI=1S/C13H16N2O2/c1-3-17-13(16)6-10-5-4-9(2)11(7-14)12(10)8-15/h4-5H,3,6,8,15H2,1-2H3. The van der Waals surface area contributed by atoms with Crippen LogP contribution in [0.3, 0.4) is 0 Å². The molecule has 0 fully saturated rings. The average Bonchev–Trinajstić information content (AvgIpc) is 2.31. The molecule has 0 saturated heterocycles. The van der Waals surface area contributed by atoms with E-state index in [1.165, 1.54) is 0 Å². The first-order valence-corrected chi connectivity index (χ1v) is 5.51. The van der Waals surface area contributed by atoms with Gasteiger partial charge >= 0.3 is 5.97 Å². The Morgan fingerprint density at radius 1 is 1.53 bits per heavy atom. The van der Waals surface area contributed by atoms with Crippen LogP contribution < -0.4 is 5.73 Å². The maximum atomic E-state index is 11.4. The molecule has 0 aliphatic heterocycles. The second-order valence-corrected chi connectivity index (χ2v) is 3.69. The van der Waals surface area contributed by atoms with E-state index in [-0.39, 0.29) is 18.9 Å². The number of benzene rings is 1. The number of carbonyl (C=O) groups is 1. The SMILES string of the molecule is CCOC(=O)Cc1ccc(C)c(C#N)c1CN. The molecule has 0 atom stereocenters. The molecule has 0 aliphatic carbocycles. The van der Waals surface area contributed by atoms with Crippen molar-refractivity contribution in [3.63, 3.8) is 0 Å². The zero-order valence-electron chi connectivity index (χ0n) is 10.1. The number of carbonyl (C=O) groups excluding carboxylic acids is 1. The predicted molar refractivity (Wildman–Crippen MR) is 64.1 cm³/mol. The molecule has 0 bridgehead atoms. The van der Waals surface area contributed by atoms with Crippen molar-refractivity contribution in [1.29, 1.82) is 5.26 Å². The van der Waals surface area contributed by atoms with E-state index < -0.39 is 0 Å². The minimum atomic E-state index is -0.296. The van der Waals surface area contributed by atoms with E-state index in [1.807, 2.05) is 19.1 Å². The summed E-state index contributed by atoms with van der Waals surface area (Å²) in [6.45, 7) is 4.22. The average molecular weight is 232 g/mol. The predicted octanol–water partition coefficient (Wildman–Crippen LogP) is 1.43. The zero-order valence-corrected chi connectivity index (χ0v) is 10.1. The Bertz CT molecular complexity index is 461. The third-order valence-electron chi connectivity index (χ3n) is 2.57. The third kappa shape index (κ3) is 3.05. The van der Waals surface area contributed by atoms with Crippen molar-refractivity contribution in [3.05, 3.63) is 34.4 Å². The van der Waals surface area contributed by atoms with E-state index in [0.717, 1.165) is 16.7 Å². The quantitative estimate of drug-likeness (QED) is 0.797. The molecule has 0 saturated carbocycles. The fourth-order valence-electron chi connectivity index (χ4n) is 1.73. The van der Waals surface area contributed by atoms with Crippen molar-refractivity contribution in [2.75, 3.05) is 6.61 Å². The van der Waals surface area contributed by atoms with Gasteiger partial charge in [-0.3, -0.25) is 4.79 Å². The van der Waals surface area contributed by atoms with Crippen LogP contribution in [0.5, 0.6) is 0 Å². The van der Waals surface area contributed by atoms with Crippen molar-refractivity contribution in [2.24, 2.45) is 5.73 Å². The summed E-state index contributed by atoms with van der Waals surface area (Å²) in [5.41, 5.74) is 8.59. The summed E-state index contributed by atoms with van der Waals surface area (Å²) in [4.78, 5) is 11.4.